The minimum atomic E-state index is -0.455. The maximum atomic E-state index is 12.7. The molecule has 2 amide bonds. The summed E-state index contributed by atoms with van der Waals surface area (Å²) in [6.07, 6.45) is 2.05. The first kappa shape index (κ1) is 20.9. The van der Waals surface area contributed by atoms with Gasteiger partial charge in [0.2, 0.25) is 5.91 Å². The molecule has 1 aliphatic heterocycles. The molecular weight excluding hydrogens is 390 g/mol. The van der Waals surface area contributed by atoms with Gasteiger partial charge in [0, 0.05) is 41.4 Å². The molecule has 3 rings (SSSR count). The van der Waals surface area contributed by atoms with Crippen molar-refractivity contribution in [2.24, 2.45) is 0 Å². The van der Waals surface area contributed by atoms with E-state index in [0.717, 1.165) is 36.4 Å². The summed E-state index contributed by atoms with van der Waals surface area (Å²) in [5, 5.41) is 13.2. The Morgan fingerprint density at radius 3 is 2.41 bits per heavy atom. The zero-order valence-electron chi connectivity index (χ0n) is 16.4. The van der Waals surface area contributed by atoms with Crippen LogP contribution >= 0.6 is 11.8 Å². The molecule has 0 aromatic heterocycles. The van der Waals surface area contributed by atoms with Crippen LogP contribution in [0.4, 0.5) is 11.4 Å². The standard InChI is InChI=1S/C21H23N3O4S/c1-14-18(21(26)23-12-3-4-13-23)6-5-7-19(14)22-20(25)15(2)29-17-10-8-16(9-11-17)24(27)28/h5-11,15H,3-4,12-13H2,1-2H3,(H,22,25). The monoisotopic (exact) mass is 413 g/mol. The Hall–Kier alpha value is -2.87. The van der Waals surface area contributed by atoms with Crippen LogP contribution in [0.25, 0.3) is 0 Å². The third-order valence-corrected chi connectivity index (χ3v) is 6.06. The highest BCUT2D eigenvalue weighted by molar-refractivity contribution is 8.00. The average Bonchev–Trinajstić information content (AvgIpc) is 3.24. The highest BCUT2D eigenvalue weighted by atomic mass is 32.2. The van der Waals surface area contributed by atoms with E-state index in [2.05, 4.69) is 5.32 Å². The Morgan fingerprint density at radius 2 is 1.79 bits per heavy atom. The van der Waals surface area contributed by atoms with Gasteiger partial charge in [-0.1, -0.05) is 6.07 Å². The molecule has 1 atom stereocenters. The van der Waals surface area contributed by atoms with Crippen LogP contribution in [0.3, 0.4) is 0 Å². The summed E-state index contributed by atoms with van der Waals surface area (Å²) in [4.78, 5) is 38.3. The van der Waals surface area contributed by atoms with E-state index in [1.165, 1.54) is 23.9 Å². The largest absolute Gasteiger partial charge is 0.339 e. The maximum Gasteiger partial charge on any atom is 0.269 e. The van der Waals surface area contributed by atoms with Crippen LogP contribution in [0.15, 0.2) is 47.4 Å². The first-order valence-electron chi connectivity index (χ1n) is 9.47. The topological polar surface area (TPSA) is 92.5 Å². The van der Waals surface area contributed by atoms with Crippen molar-refractivity contribution in [3.05, 3.63) is 63.7 Å². The summed E-state index contributed by atoms with van der Waals surface area (Å²) < 4.78 is 0. The number of non-ortho nitro benzene ring substituents is 1. The molecule has 0 radical (unpaired) electrons. The number of nitro benzene ring substituents is 1. The number of anilines is 1. The predicted octanol–water partition coefficient (Wildman–Crippen LogP) is 4.26. The van der Waals surface area contributed by atoms with Gasteiger partial charge in [-0.3, -0.25) is 19.7 Å². The van der Waals surface area contributed by atoms with E-state index < -0.39 is 10.2 Å². The van der Waals surface area contributed by atoms with E-state index >= 15 is 0 Å². The minimum absolute atomic E-state index is 0.00408. The van der Waals surface area contributed by atoms with Crippen LogP contribution in [0.2, 0.25) is 0 Å². The SMILES string of the molecule is Cc1c(NC(=O)C(C)Sc2ccc([N+](=O)[O-])cc2)cccc1C(=O)N1CCCC1. The summed E-state index contributed by atoms with van der Waals surface area (Å²) in [5.41, 5.74) is 2.00. The lowest BCUT2D eigenvalue weighted by atomic mass is 10.1. The van der Waals surface area contributed by atoms with Crippen LogP contribution in [-0.4, -0.2) is 40.0 Å². The summed E-state index contributed by atoms with van der Waals surface area (Å²) >= 11 is 1.32. The highest BCUT2D eigenvalue weighted by Gasteiger charge is 2.23. The summed E-state index contributed by atoms with van der Waals surface area (Å²) in [6.45, 7) is 5.17. The van der Waals surface area contributed by atoms with Gasteiger partial charge < -0.3 is 10.2 Å². The number of nitro groups is 1. The normalized spacial score (nSPS) is 14.5. The van der Waals surface area contributed by atoms with Gasteiger partial charge >= 0.3 is 0 Å². The highest BCUT2D eigenvalue weighted by Crippen LogP contribution is 2.27. The fourth-order valence-corrected chi connectivity index (χ4v) is 4.10. The number of amides is 2. The Morgan fingerprint density at radius 1 is 1.14 bits per heavy atom. The number of carbonyl (C=O) groups excluding carboxylic acids is 2. The van der Waals surface area contributed by atoms with Crippen molar-refractivity contribution in [2.45, 2.75) is 36.8 Å². The van der Waals surface area contributed by atoms with Crippen molar-refractivity contribution in [1.29, 1.82) is 0 Å². The molecule has 7 nitrogen and oxygen atoms in total. The molecule has 2 aromatic carbocycles. The molecule has 1 N–H and O–H groups in total. The number of benzene rings is 2. The minimum Gasteiger partial charge on any atom is -0.339 e. The Bertz CT molecular complexity index is 924. The summed E-state index contributed by atoms with van der Waals surface area (Å²) in [7, 11) is 0. The number of nitrogens with one attached hydrogen (secondary N) is 1. The van der Waals surface area contributed by atoms with Crippen LogP contribution in [0, 0.1) is 17.0 Å². The molecular formula is C21H23N3O4S. The fourth-order valence-electron chi connectivity index (χ4n) is 3.23. The van der Waals surface area contributed by atoms with E-state index in [4.69, 9.17) is 0 Å². The zero-order chi connectivity index (χ0) is 21.0. The fraction of sp³-hybridized carbons (Fsp3) is 0.333. The van der Waals surface area contributed by atoms with Crippen molar-refractivity contribution in [2.75, 3.05) is 18.4 Å². The van der Waals surface area contributed by atoms with Crippen LogP contribution in [0.5, 0.6) is 0 Å². The molecule has 152 valence electrons. The quantitative estimate of drug-likeness (QED) is 0.434. The first-order valence-corrected chi connectivity index (χ1v) is 10.4. The third kappa shape index (κ3) is 4.95. The van der Waals surface area contributed by atoms with Crippen LogP contribution in [-0.2, 0) is 4.79 Å². The molecule has 0 bridgehead atoms. The molecule has 1 saturated heterocycles. The first-order chi connectivity index (χ1) is 13.9. The molecule has 0 saturated carbocycles. The van der Waals surface area contributed by atoms with Gasteiger partial charge in [0.25, 0.3) is 11.6 Å². The van der Waals surface area contributed by atoms with E-state index in [1.54, 1.807) is 37.3 Å². The number of carbonyl (C=O) groups is 2. The van der Waals surface area contributed by atoms with Crippen molar-refractivity contribution in [3.63, 3.8) is 0 Å². The molecule has 2 aromatic rings. The van der Waals surface area contributed by atoms with Crippen LogP contribution in [0.1, 0.15) is 35.7 Å². The molecule has 8 heteroatoms. The smallest absolute Gasteiger partial charge is 0.269 e. The predicted molar refractivity (Wildman–Crippen MR) is 113 cm³/mol. The number of thioether (sulfide) groups is 1. The van der Waals surface area contributed by atoms with Crippen molar-refractivity contribution in [1.82, 2.24) is 4.90 Å². The number of nitrogens with zero attached hydrogens (tertiary/aromatic N) is 2. The summed E-state index contributed by atoms with van der Waals surface area (Å²) in [5.74, 6) is -0.188. The lowest BCUT2D eigenvalue weighted by Crippen LogP contribution is -2.29. The second kappa shape index (κ2) is 9.09. The van der Waals surface area contributed by atoms with Gasteiger partial charge in [0.05, 0.1) is 10.2 Å². The molecule has 1 heterocycles. The van der Waals surface area contributed by atoms with Crippen molar-refractivity contribution >= 4 is 35.0 Å². The van der Waals surface area contributed by atoms with Crippen LogP contribution < -0.4 is 5.32 Å². The van der Waals surface area contributed by atoms with Gasteiger partial charge in [-0.25, -0.2) is 0 Å². The van der Waals surface area contributed by atoms with Crippen molar-refractivity contribution < 1.29 is 14.5 Å². The second-order valence-corrected chi connectivity index (χ2v) is 8.39. The molecule has 0 spiro atoms. The van der Waals surface area contributed by atoms with Gasteiger partial charge in [0.15, 0.2) is 0 Å². The Balaban J connectivity index is 1.67. The Kier molecular flexibility index (Phi) is 6.53. The molecule has 29 heavy (non-hydrogen) atoms. The van der Waals surface area contributed by atoms with Gasteiger partial charge in [-0.05, 0) is 56.5 Å². The van der Waals surface area contributed by atoms with Gasteiger partial charge in [-0.2, -0.15) is 0 Å². The van der Waals surface area contributed by atoms with E-state index in [1.807, 2.05) is 11.8 Å². The van der Waals surface area contributed by atoms with Crippen molar-refractivity contribution in [3.8, 4) is 0 Å². The zero-order valence-corrected chi connectivity index (χ0v) is 17.2. The van der Waals surface area contributed by atoms with E-state index in [0.29, 0.717) is 11.3 Å². The van der Waals surface area contributed by atoms with Gasteiger partial charge in [-0.15, -0.1) is 11.8 Å². The maximum absolute atomic E-state index is 12.7. The van der Waals surface area contributed by atoms with E-state index in [-0.39, 0.29) is 17.5 Å². The lowest BCUT2D eigenvalue weighted by Gasteiger charge is -2.19. The summed E-state index contributed by atoms with van der Waals surface area (Å²) in [6, 6.07) is 11.5. The molecule has 1 fully saturated rings. The average molecular weight is 413 g/mol. The number of hydrogen-bond acceptors (Lipinski definition) is 5. The number of hydrogen-bond donors (Lipinski definition) is 1. The van der Waals surface area contributed by atoms with Gasteiger partial charge in [0.1, 0.15) is 0 Å². The number of rotatable bonds is 6. The third-order valence-electron chi connectivity index (χ3n) is 4.94. The second-order valence-electron chi connectivity index (χ2n) is 6.98. The molecule has 0 aliphatic carbocycles. The Labute approximate surface area is 173 Å². The lowest BCUT2D eigenvalue weighted by molar-refractivity contribution is -0.384. The number of likely N-dealkylation sites (tertiary alicyclic amines) is 1. The van der Waals surface area contributed by atoms with E-state index in [9.17, 15) is 19.7 Å². The molecule has 1 aliphatic rings. The molecule has 1 unspecified atom stereocenters.